The number of nitrogen functional groups attached to an aromatic ring is 1. The number of aromatic nitrogens is 4. The summed E-state index contributed by atoms with van der Waals surface area (Å²) in [5, 5.41) is 19.8. The molecule has 0 amide bonds. The summed E-state index contributed by atoms with van der Waals surface area (Å²) in [5.41, 5.74) is 5.41. The minimum absolute atomic E-state index is 0.0713. The van der Waals surface area contributed by atoms with Crippen molar-refractivity contribution in [2.45, 2.75) is 29.7 Å². The van der Waals surface area contributed by atoms with Crippen LogP contribution in [0, 0.1) is 0 Å². The Morgan fingerprint density at radius 2 is 2.32 bits per heavy atom. The molecule has 2 aliphatic rings. The Hall–Kier alpha value is -1.31. The van der Waals surface area contributed by atoms with E-state index in [2.05, 4.69) is 19.6 Å². The Balaban J connectivity index is 1.78. The normalized spacial score (nSPS) is 32.2. The number of H-pyrrole nitrogens is 1. The van der Waals surface area contributed by atoms with E-state index < -0.39 is 38.7 Å². The SMILES string of the molecule is CSc1nc2c(=O)[nH]c(N)nc2n1C1OC2COP(OO)OC2C1O. The first kappa shape index (κ1) is 17.1. The van der Waals surface area contributed by atoms with Crippen molar-refractivity contribution >= 4 is 37.5 Å². The van der Waals surface area contributed by atoms with E-state index in [1.54, 1.807) is 6.26 Å². The fraction of sp³-hybridized carbons (Fsp3) is 0.545. The van der Waals surface area contributed by atoms with Gasteiger partial charge in [-0.3, -0.25) is 14.3 Å². The fourth-order valence-electron chi connectivity index (χ4n) is 2.86. The number of aromatic amines is 1. The number of fused-ring (bicyclic) bond motifs is 2. The molecule has 5 atom stereocenters. The molecule has 4 heterocycles. The number of aliphatic hydroxyl groups is 1. The molecule has 25 heavy (non-hydrogen) atoms. The molecular weight excluding hydrogens is 377 g/mol. The van der Waals surface area contributed by atoms with Crippen LogP contribution < -0.4 is 11.3 Å². The Labute approximate surface area is 145 Å². The van der Waals surface area contributed by atoms with E-state index in [9.17, 15) is 9.90 Å². The Bertz CT molecular complexity index is 861. The van der Waals surface area contributed by atoms with Crippen molar-refractivity contribution in [1.82, 2.24) is 19.5 Å². The molecule has 2 aromatic heterocycles. The molecular formula is C11H14N5O7PS. The van der Waals surface area contributed by atoms with Crippen molar-refractivity contribution in [3.05, 3.63) is 10.4 Å². The number of hydrogen-bond acceptors (Lipinski definition) is 11. The summed E-state index contributed by atoms with van der Waals surface area (Å²) >= 11 is 1.26. The number of nitrogens with two attached hydrogens (primary N) is 1. The van der Waals surface area contributed by atoms with E-state index in [-0.39, 0.29) is 23.7 Å². The molecule has 2 fully saturated rings. The second-order valence-electron chi connectivity index (χ2n) is 5.32. The smallest absolute Gasteiger partial charge is 0.363 e. The molecule has 2 aliphatic heterocycles. The third-order valence-electron chi connectivity index (χ3n) is 3.90. The van der Waals surface area contributed by atoms with Gasteiger partial charge >= 0.3 is 8.60 Å². The number of anilines is 1. The summed E-state index contributed by atoms with van der Waals surface area (Å²) in [6, 6.07) is 0. The molecule has 2 aromatic rings. The summed E-state index contributed by atoms with van der Waals surface area (Å²) in [6.07, 6.45) is -1.64. The number of thioether (sulfide) groups is 1. The van der Waals surface area contributed by atoms with Crippen LogP contribution in [0.2, 0.25) is 0 Å². The summed E-state index contributed by atoms with van der Waals surface area (Å²) in [4.78, 5) is 22.8. The first-order chi connectivity index (χ1) is 12.0. The van der Waals surface area contributed by atoms with Crippen LogP contribution in [-0.4, -0.2) is 61.1 Å². The van der Waals surface area contributed by atoms with Crippen molar-refractivity contribution in [1.29, 1.82) is 0 Å². The van der Waals surface area contributed by atoms with E-state index in [0.29, 0.717) is 5.16 Å². The van der Waals surface area contributed by atoms with Crippen molar-refractivity contribution in [3.63, 3.8) is 0 Å². The number of nitrogens with zero attached hydrogens (tertiary/aromatic N) is 3. The van der Waals surface area contributed by atoms with E-state index in [1.165, 1.54) is 16.3 Å². The van der Waals surface area contributed by atoms with Gasteiger partial charge in [0.1, 0.15) is 18.3 Å². The summed E-state index contributed by atoms with van der Waals surface area (Å²) in [5.74, 6) is -0.0759. The molecule has 2 saturated heterocycles. The number of ether oxygens (including phenoxy) is 1. The zero-order valence-corrected chi connectivity index (χ0v) is 14.4. The lowest BCUT2D eigenvalue weighted by atomic mass is 10.1. The maximum Gasteiger partial charge on any atom is 0.363 e. The van der Waals surface area contributed by atoms with Gasteiger partial charge in [-0.05, 0) is 6.26 Å². The van der Waals surface area contributed by atoms with Crippen LogP contribution in [0.3, 0.4) is 0 Å². The lowest BCUT2D eigenvalue weighted by molar-refractivity contribution is -0.170. The third-order valence-corrected chi connectivity index (χ3v) is 5.46. The number of rotatable bonds is 3. The highest BCUT2D eigenvalue weighted by Crippen LogP contribution is 2.49. The average molecular weight is 391 g/mol. The number of aliphatic hydroxyl groups excluding tert-OH is 1. The predicted molar refractivity (Wildman–Crippen MR) is 85.7 cm³/mol. The van der Waals surface area contributed by atoms with Gasteiger partial charge in [0, 0.05) is 0 Å². The fourth-order valence-corrected chi connectivity index (χ4v) is 4.30. The highest BCUT2D eigenvalue weighted by molar-refractivity contribution is 7.98. The minimum Gasteiger partial charge on any atom is -0.386 e. The molecule has 5 unspecified atom stereocenters. The van der Waals surface area contributed by atoms with Gasteiger partial charge in [0.2, 0.25) is 5.95 Å². The van der Waals surface area contributed by atoms with E-state index >= 15 is 0 Å². The van der Waals surface area contributed by atoms with Crippen LogP contribution in [0.1, 0.15) is 6.23 Å². The zero-order valence-electron chi connectivity index (χ0n) is 12.7. The lowest BCUT2D eigenvalue weighted by Crippen LogP contribution is -2.38. The van der Waals surface area contributed by atoms with Gasteiger partial charge in [0.05, 0.1) is 6.61 Å². The van der Waals surface area contributed by atoms with Crippen LogP contribution in [0.4, 0.5) is 5.95 Å². The van der Waals surface area contributed by atoms with Crippen LogP contribution >= 0.6 is 20.4 Å². The second kappa shape index (κ2) is 6.45. The van der Waals surface area contributed by atoms with E-state index in [0.717, 1.165) is 0 Å². The van der Waals surface area contributed by atoms with Gasteiger partial charge < -0.3 is 24.6 Å². The van der Waals surface area contributed by atoms with Crippen molar-refractivity contribution in [2.75, 3.05) is 18.6 Å². The Kier molecular flexibility index (Phi) is 4.42. The molecule has 0 radical (unpaired) electrons. The second-order valence-corrected chi connectivity index (χ2v) is 7.17. The number of nitrogens with one attached hydrogen (secondary N) is 1. The van der Waals surface area contributed by atoms with Gasteiger partial charge in [-0.2, -0.15) is 9.66 Å². The molecule has 0 saturated carbocycles. The largest absolute Gasteiger partial charge is 0.386 e. The third kappa shape index (κ3) is 2.73. The van der Waals surface area contributed by atoms with Crippen molar-refractivity contribution < 1.29 is 28.8 Å². The maximum absolute atomic E-state index is 12.1. The molecule has 5 N–H and O–H groups in total. The molecule has 0 spiro atoms. The number of imidazole rings is 1. The van der Waals surface area contributed by atoms with Crippen LogP contribution in [0.5, 0.6) is 0 Å². The minimum atomic E-state index is -1.97. The van der Waals surface area contributed by atoms with Crippen LogP contribution in [0.25, 0.3) is 11.2 Å². The highest BCUT2D eigenvalue weighted by Gasteiger charge is 2.51. The zero-order chi connectivity index (χ0) is 17.7. The predicted octanol–water partition coefficient (Wildman–Crippen LogP) is -0.186. The summed E-state index contributed by atoms with van der Waals surface area (Å²) < 4.78 is 21.9. The molecule has 14 heteroatoms. The van der Waals surface area contributed by atoms with Crippen LogP contribution in [0.15, 0.2) is 9.95 Å². The first-order valence-corrected chi connectivity index (χ1v) is 9.42. The quantitative estimate of drug-likeness (QED) is 0.237. The van der Waals surface area contributed by atoms with Gasteiger partial charge in [-0.1, -0.05) is 11.8 Å². The monoisotopic (exact) mass is 391 g/mol. The van der Waals surface area contributed by atoms with Crippen molar-refractivity contribution in [3.8, 4) is 0 Å². The first-order valence-electron chi connectivity index (χ1n) is 7.10. The summed E-state index contributed by atoms with van der Waals surface area (Å²) in [6.45, 7) is 0.0713. The van der Waals surface area contributed by atoms with E-state index in [4.69, 9.17) is 24.8 Å². The standard InChI is InChI=1S/C11H14N5O7PS/c1-25-11-13-4-7(14-10(12)15-8(4)18)16(11)9-5(17)6-3(21-9)2-20-24(22-6)23-19/h3,5-6,9,17,19H,2H2,1H3,(H3,12,14,15,18). The molecule has 0 aliphatic carbocycles. The van der Waals surface area contributed by atoms with Gasteiger partial charge in [-0.15, -0.1) is 0 Å². The van der Waals surface area contributed by atoms with Gasteiger partial charge in [0.25, 0.3) is 5.56 Å². The molecule has 12 nitrogen and oxygen atoms in total. The average Bonchev–Trinajstić information content (AvgIpc) is 3.12. The topological polar surface area (TPSA) is 167 Å². The molecule has 4 rings (SSSR count). The van der Waals surface area contributed by atoms with Gasteiger partial charge in [0.15, 0.2) is 22.5 Å². The molecule has 0 aromatic carbocycles. The number of hydrogen-bond donors (Lipinski definition) is 4. The van der Waals surface area contributed by atoms with E-state index in [1.807, 2.05) is 0 Å². The lowest BCUT2D eigenvalue weighted by Gasteiger charge is -2.28. The highest BCUT2D eigenvalue weighted by atomic mass is 32.2. The Morgan fingerprint density at radius 3 is 3.04 bits per heavy atom. The maximum atomic E-state index is 12.1. The molecule has 136 valence electrons. The Morgan fingerprint density at radius 1 is 1.52 bits per heavy atom. The summed E-state index contributed by atoms with van der Waals surface area (Å²) in [7, 11) is -1.97. The molecule has 0 bridgehead atoms. The van der Waals surface area contributed by atoms with Crippen molar-refractivity contribution in [2.24, 2.45) is 0 Å². The van der Waals surface area contributed by atoms with Gasteiger partial charge in [-0.25, -0.2) is 10.2 Å². The van der Waals surface area contributed by atoms with Crippen LogP contribution in [-0.2, 0) is 18.5 Å².